The Kier molecular flexibility index (Phi) is 5.33. The molecule has 0 aliphatic carbocycles. The lowest BCUT2D eigenvalue weighted by molar-refractivity contribution is -0.132. The van der Waals surface area contributed by atoms with Gasteiger partial charge in [0.1, 0.15) is 5.76 Å². The molecule has 5 rings (SSSR count). The summed E-state index contributed by atoms with van der Waals surface area (Å²) in [4.78, 5) is 32.9. The van der Waals surface area contributed by atoms with E-state index in [0.29, 0.717) is 10.7 Å². The van der Waals surface area contributed by atoms with Crippen LogP contribution < -0.4 is 4.90 Å². The van der Waals surface area contributed by atoms with Crippen LogP contribution >= 0.6 is 11.3 Å². The fraction of sp³-hybridized carbons (Fsp3) is 0.179. The third-order valence-electron chi connectivity index (χ3n) is 6.19. The molecule has 1 aliphatic heterocycles. The largest absolute Gasteiger partial charge is 0.507 e. The van der Waals surface area contributed by atoms with Crippen molar-refractivity contribution in [2.45, 2.75) is 33.7 Å². The number of anilines is 1. The number of nitrogens with zero attached hydrogens (tertiary/aromatic N) is 2. The summed E-state index contributed by atoms with van der Waals surface area (Å²) in [5.41, 5.74) is 6.34. The molecule has 4 aromatic rings. The van der Waals surface area contributed by atoms with Crippen molar-refractivity contribution in [3.05, 3.63) is 99.6 Å². The number of aryl methyl sites for hydroxylation is 4. The highest BCUT2D eigenvalue weighted by Crippen LogP contribution is 2.44. The number of ketones is 1. The van der Waals surface area contributed by atoms with Crippen molar-refractivity contribution in [3.8, 4) is 0 Å². The van der Waals surface area contributed by atoms with Gasteiger partial charge in [0.05, 0.1) is 21.8 Å². The summed E-state index contributed by atoms with van der Waals surface area (Å²) >= 11 is 1.38. The van der Waals surface area contributed by atoms with Gasteiger partial charge < -0.3 is 5.11 Å². The smallest absolute Gasteiger partial charge is 0.301 e. The topological polar surface area (TPSA) is 70.5 Å². The van der Waals surface area contributed by atoms with Crippen LogP contribution in [0, 0.1) is 27.7 Å². The Bertz CT molecular complexity index is 1480. The number of thiazole rings is 1. The zero-order chi connectivity index (χ0) is 24.1. The molecule has 5 nitrogen and oxygen atoms in total. The second-order valence-corrected chi connectivity index (χ2v) is 9.88. The van der Waals surface area contributed by atoms with Gasteiger partial charge in [-0.25, -0.2) is 4.98 Å². The molecule has 1 atom stereocenters. The molecule has 0 radical (unpaired) electrons. The van der Waals surface area contributed by atoms with E-state index in [4.69, 9.17) is 4.98 Å². The Morgan fingerprint density at radius 1 is 0.882 bits per heavy atom. The van der Waals surface area contributed by atoms with Crippen molar-refractivity contribution in [2.24, 2.45) is 0 Å². The van der Waals surface area contributed by atoms with Crippen LogP contribution in [-0.2, 0) is 9.59 Å². The highest BCUT2D eigenvalue weighted by Gasteiger charge is 2.48. The average Bonchev–Trinajstić information content (AvgIpc) is 3.33. The average molecular weight is 469 g/mol. The Labute approximate surface area is 202 Å². The molecule has 0 unspecified atom stereocenters. The van der Waals surface area contributed by atoms with Gasteiger partial charge in [-0.1, -0.05) is 77.1 Å². The number of carbonyl (C=O) groups is 2. The van der Waals surface area contributed by atoms with Gasteiger partial charge in [0.15, 0.2) is 5.13 Å². The summed E-state index contributed by atoms with van der Waals surface area (Å²) in [6.07, 6.45) is 0. The van der Waals surface area contributed by atoms with Crippen LogP contribution in [0.2, 0.25) is 0 Å². The molecule has 3 aromatic carbocycles. The van der Waals surface area contributed by atoms with Crippen LogP contribution in [0.15, 0.2) is 66.2 Å². The fourth-order valence-corrected chi connectivity index (χ4v) is 5.59. The van der Waals surface area contributed by atoms with Gasteiger partial charge in [-0.2, -0.15) is 0 Å². The van der Waals surface area contributed by atoms with Crippen molar-refractivity contribution >= 4 is 44.1 Å². The monoisotopic (exact) mass is 468 g/mol. The van der Waals surface area contributed by atoms with E-state index in [1.807, 2.05) is 70.2 Å². The molecule has 6 heteroatoms. The van der Waals surface area contributed by atoms with Crippen molar-refractivity contribution in [1.82, 2.24) is 4.98 Å². The first kappa shape index (κ1) is 22.0. The molecule has 1 aliphatic rings. The summed E-state index contributed by atoms with van der Waals surface area (Å²) in [6.45, 7) is 7.94. The van der Waals surface area contributed by atoms with Crippen molar-refractivity contribution in [3.63, 3.8) is 0 Å². The van der Waals surface area contributed by atoms with Crippen LogP contribution in [0.5, 0.6) is 0 Å². The number of carbonyl (C=O) groups excluding carboxylic acids is 2. The lowest BCUT2D eigenvalue weighted by Gasteiger charge is -2.23. The van der Waals surface area contributed by atoms with Gasteiger partial charge in [-0.3, -0.25) is 14.5 Å². The number of hydrogen-bond acceptors (Lipinski definition) is 5. The Balaban J connectivity index is 1.74. The molecule has 0 bridgehead atoms. The number of fused-ring (bicyclic) bond motifs is 1. The van der Waals surface area contributed by atoms with Crippen LogP contribution in [0.4, 0.5) is 5.13 Å². The Morgan fingerprint density at radius 3 is 2.15 bits per heavy atom. The normalized spacial score (nSPS) is 17.6. The van der Waals surface area contributed by atoms with Gasteiger partial charge in [0.25, 0.3) is 5.78 Å². The molecule has 1 saturated heterocycles. The van der Waals surface area contributed by atoms with Gasteiger partial charge >= 0.3 is 5.91 Å². The highest BCUT2D eigenvalue weighted by molar-refractivity contribution is 7.22. The van der Waals surface area contributed by atoms with Crippen molar-refractivity contribution in [1.29, 1.82) is 0 Å². The molecule has 1 amide bonds. The van der Waals surface area contributed by atoms with Crippen LogP contribution in [-0.4, -0.2) is 21.8 Å². The van der Waals surface area contributed by atoms with E-state index in [9.17, 15) is 14.7 Å². The lowest BCUT2D eigenvalue weighted by Crippen LogP contribution is -2.29. The van der Waals surface area contributed by atoms with E-state index < -0.39 is 17.7 Å². The van der Waals surface area contributed by atoms with E-state index in [1.165, 1.54) is 16.2 Å². The Morgan fingerprint density at radius 2 is 1.50 bits per heavy atom. The fourth-order valence-electron chi connectivity index (χ4n) is 4.42. The minimum Gasteiger partial charge on any atom is -0.507 e. The van der Waals surface area contributed by atoms with E-state index >= 15 is 0 Å². The molecule has 170 valence electrons. The molecule has 0 saturated carbocycles. The predicted octanol–water partition coefficient (Wildman–Crippen LogP) is 6.16. The van der Waals surface area contributed by atoms with Crippen LogP contribution in [0.1, 0.15) is 39.4 Å². The lowest BCUT2D eigenvalue weighted by atomic mass is 9.94. The predicted molar refractivity (Wildman–Crippen MR) is 136 cm³/mol. The second-order valence-electron chi connectivity index (χ2n) is 8.87. The number of hydrogen-bond donors (Lipinski definition) is 1. The number of aliphatic hydroxyl groups is 1. The molecule has 0 spiro atoms. The van der Waals surface area contributed by atoms with Gasteiger partial charge in [0.2, 0.25) is 0 Å². The summed E-state index contributed by atoms with van der Waals surface area (Å²) < 4.78 is 0.954. The maximum absolute atomic E-state index is 13.4. The zero-order valence-electron chi connectivity index (χ0n) is 19.4. The standard InChI is InChI=1S/C28H24N2O3S/c1-15-5-9-19(10-6-15)24-22(25(31)20-11-7-16(2)8-12-20)26(32)27(33)30(24)28-29-23-18(4)13-17(3)14-21(23)34-28/h5-14,24,31H,1-4H3/t24-/m1/s1. The van der Waals surface area contributed by atoms with Crippen molar-refractivity contribution in [2.75, 3.05) is 4.90 Å². The SMILES string of the molecule is Cc1ccc(C(O)=C2C(=O)C(=O)N(c3nc4c(C)cc(C)cc4s3)[C@@H]2c2ccc(C)cc2)cc1. The molecule has 2 heterocycles. The number of aromatic nitrogens is 1. The molecule has 1 aromatic heterocycles. The summed E-state index contributed by atoms with van der Waals surface area (Å²) in [5.74, 6) is -1.58. The maximum Gasteiger partial charge on any atom is 0.301 e. The summed E-state index contributed by atoms with van der Waals surface area (Å²) in [7, 11) is 0. The first-order valence-electron chi connectivity index (χ1n) is 11.1. The van der Waals surface area contributed by atoms with Gasteiger partial charge in [-0.05, 0) is 50.5 Å². The molecule has 1 N–H and O–H groups in total. The Hall–Kier alpha value is -3.77. The van der Waals surface area contributed by atoms with E-state index in [-0.39, 0.29) is 11.3 Å². The third kappa shape index (κ3) is 3.60. The first-order chi connectivity index (χ1) is 16.2. The zero-order valence-corrected chi connectivity index (χ0v) is 20.2. The van der Waals surface area contributed by atoms with E-state index in [1.54, 1.807) is 12.1 Å². The van der Waals surface area contributed by atoms with Crippen molar-refractivity contribution < 1.29 is 14.7 Å². The summed E-state index contributed by atoms with van der Waals surface area (Å²) in [5, 5.41) is 11.7. The molecule has 1 fully saturated rings. The molecule has 34 heavy (non-hydrogen) atoms. The van der Waals surface area contributed by atoms with Crippen LogP contribution in [0.3, 0.4) is 0 Å². The third-order valence-corrected chi connectivity index (χ3v) is 7.19. The van der Waals surface area contributed by atoms with Gasteiger partial charge in [-0.15, -0.1) is 0 Å². The highest BCUT2D eigenvalue weighted by atomic mass is 32.1. The number of benzene rings is 3. The first-order valence-corrected chi connectivity index (χ1v) is 11.9. The molecular formula is C28H24N2O3S. The quantitative estimate of drug-likeness (QED) is 0.222. The van der Waals surface area contributed by atoms with Gasteiger partial charge in [0, 0.05) is 5.56 Å². The van der Waals surface area contributed by atoms with Crippen LogP contribution in [0.25, 0.3) is 16.0 Å². The minimum atomic E-state index is -0.774. The number of rotatable bonds is 3. The maximum atomic E-state index is 13.4. The number of amides is 1. The van der Waals surface area contributed by atoms with E-state index in [0.717, 1.165) is 38.0 Å². The summed E-state index contributed by atoms with van der Waals surface area (Å²) in [6, 6.07) is 18.2. The number of Topliss-reactive ketones (excluding diaryl/α,β-unsaturated/α-hetero) is 1. The second kappa shape index (κ2) is 8.22. The minimum absolute atomic E-state index is 0.0739. The molecular weight excluding hydrogens is 444 g/mol. The number of aliphatic hydroxyl groups excluding tert-OH is 1. The van der Waals surface area contributed by atoms with E-state index in [2.05, 4.69) is 6.07 Å².